The molecule has 5 rings (SSSR count). The fraction of sp³-hybridized carbons (Fsp3) is 0.360. The zero-order valence-corrected chi connectivity index (χ0v) is 20.7. The predicted octanol–water partition coefficient (Wildman–Crippen LogP) is 4.65. The van der Waals surface area contributed by atoms with Crippen LogP contribution in [0.15, 0.2) is 62.8 Å². The zero-order chi connectivity index (χ0) is 23.7. The first-order valence-electron chi connectivity index (χ1n) is 11.5. The highest BCUT2D eigenvalue weighted by molar-refractivity contribution is 7.98. The highest BCUT2D eigenvalue weighted by Gasteiger charge is 2.31. The van der Waals surface area contributed by atoms with E-state index >= 15 is 0 Å². The van der Waals surface area contributed by atoms with Crippen molar-refractivity contribution in [1.29, 1.82) is 0 Å². The minimum Gasteiger partial charge on any atom is -0.360 e. The number of thioether (sulfide) groups is 1. The Hall–Kier alpha value is -2.62. The third-order valence-corrected chi connectivity index (χ3v) is 9.30. The first kappa shape index (κ1) is 23.1. The molecule has 0 spiro atoms. The number of piperidine rings is 1. The number of sulfonamides is 1. The molecule has 1 saturated heterocycles. The first-order valence-corrected chi connectivity index (χ1v) is 13.9. The van der Waals surface area contributed by atoms with E-state index in [0.717, 1.165) is 46.9 Å². The van der Waals surface area contributed by atoms with Gasteiger partial charge in [-0.25, -0.2) is 8.42 Å². The zero-order valence-electron chi connectivity index (χ0n) is 19.1. The number of fused-ring (bicyclic) bond motifs is 1. The van der Waals surface area contributed by atoms with Crippen LogP contribution in [-0.2, 0) is 22.2 Å². The topological polar surface area (TPSA) is 83.7 Å². The lowest BCUT2D eigenvalue weighted by Crippen LogP contribution is -2.35. The van der Waals surface area contributed by atoms with Crippen LogP contribution >= 0.6 is 11.8 Å². The van der Waals surface area contributed by atoms with Crippen LogP contribution in [0.1, 0.15) is 46.6 Å². The minimum absolute atomic E-state index is 0.0813. The number of nitrogens with zero attached hydrogens (tertiary/aromatic N) is 3. The van der Waals surface area contributed by atoms with Gasteiger partial charge >= 0.3 is 0 Å². The molecule has 7 nitrogen and oxygen atoms in total. The van der Waals surface area contributed by atoms with Gasteiger partial charge in [0.1, 0.15) is 5.76 Å². The van der Waals surface area contributed by atoms with Crippen LogP contribution in [0.4, 0.5) is 5.69 Å². The van der Waals surface area contributed by atoms with E-state index < -0.39 is 10.0 Å². The quantitative estimate of drug-likeness (QED) is 0.461. The van der Waals surface area contributed by atoms with Gasteiger partial charge in [0.25, 0.3) is 5.91 Å². The van der Waals surface area contributed by atoms with Gasteiger partial charge in [0.15, 0.2) is 0 Å². The smallest absolute Gasteiger partial charge is 0.259 e. The third kappa shape index (κ3) is 4.52. The normalized spacial score (nSPS) is 16.6. The van der Waals surface area contributed by atoms with Gasteiger partial charge < -0.3 is 9.42 Å². The molecule has 9 heteroatoms. The number of hydrogen-bond acceptors (Lipinski definition) is 6. The molecule has 0 atom stereocenters. The molecule has 0 N–H and O–H groups in total. The van der Waals surface area contributed by atoms with E-state index in [2.05, 4.69) is 5.16 Å². The van der Waals surface area contributed by atoms with Gasteiger partial charge in [0.05, 0.1) is 21.9 Å². The molecule has 0 aliphatic carbocycles. The Kier molecular flexibility index (Phi) is 6.50. The van der Waals surface area contributed by atoms with Gasteiger partial charge in [0.2, 0.25) is 10.0 Å². The first-order chi connectivity index (χ1) is 16.4. The molecule has 3 heterocycles. The van der Waals surface area contributed by atoms with Crippen molar-refractivity contribution in [1.82, 2.24) is 9.46 Å². The SMILES string of the molecule is Cc1cc(CSc2ccccc2C(=O)N2CCc3cc(S(=O)(=O)N4CCCCC4)ccc32)on1. The average Bonchev–Trinajstić information content (AvgIpc) is 3.48. The maximum absolute atomic E-state index is 13.5. The fourth-order valence-corrected chi connectivity index (χ4v) is 7.04. The second-order valence-corrected chi connectivity index (χ2v) is 11.6. The Morgan fingerprint density at radius 2 is 1.85 bits per heavy atom. The summed E-state index contributed by atoms with van der Waals surface area (Å²) in [5.74, 6) is 1.26. The number of aryl methyl sites for hydroxylation is 1. The van der Waals surface area contributed by atoms with Crippen molar-refractivity contribution in [3.63, 3.8) is 0 Å². The number of amides is 1. The Morgan fingerprint density at radius 1 is 1.06 bits per heavy atom. The van der Waals surface area contributed by atoms with E-state index in [9.17, 15) is 13.2 Å². The molecule has 1 fully saturated rings. The van der Waals surface area contributed by atoms with Crippen LogP contribution in [0.25, 0.3) is 0 Å². The van der Waals surface area contributed by atoms with E-state index in [1.807, 2.05) is 37.3 Å². The van der Waals surface area contributed by atoms with E-state index in [0.29, 0.717) is 42.3 Å². The summed E-state index contributed by atoms with van der Waals surface area (Å²) in [6.07, 6.45) is 3.52. The summed E-state index contributed by atoms with van der Waals surface area (Å²) in [5.41, 5.74) is 3.14. The maximum atomic E-state index is 13.5. The molecule has 0 bridgehead atoms. The van der Waals surface area contributed by atoms with E-state index in [1.165, 1.54) is 11.8 Å². The number of hydrogen-bond donors (Lipinski definition) is 0. The molecule has 0 unspecified atom stereocenters. The lowest BCUT2D eigenvalue weighted by atomic mass is 10.1. The Bertz CT molecular complexity index is 1310. The van der Waals surface area contributed by atoms with Gasteiger partial charge in [0, 0.05) is 36.3 Å². The highest BCUT2D eigenvalue weighted by atomic mass is 32.2. The van der Waals surface area contributed by atoms with Crippen molar-refractivity contribution in [3.8, 4) is 0 Å². The maximum Gasteiger partial charge on any atom is 0.259 e. The largest absolute Gasteiger partial charge is 0.360 e. The van der Waals surface area contributed by atoms with E-state index in [1.54, 1.807) is 27.4 Å². The van der Waals surface area contributed by atoms with Crippen molar-refractivity contribution >= 4 is 33.4 Å². The van der Waals surface area contributed by atoms with Crippen molar-refractivity contribution in [2.75, 3.05) is 24.5 Å². The molecular weight excluding hydrogens is 470 g/mol. The lowest BCUT2D eigenvalue weighted by Gasteiger charge is -2.26. The molecule has 0 radical (unpaired) electrons. The summed E-state index contributed by atoms with van der Waals surface area (Å²) in [6.45, 7) is 3.56. The van der Waals surface area contributed by atoms with E-state index in [4.69, 9.17) is 4.52 Å². The van der Waals surface area contributed by atoms with Crippen molar-refractivity contribution in [3.05, 3.63) is 71.1 Å². The number of aromatic nitrogens is 1. The molecule has 3 aromatic rings. The number of benzene rings is 2. The van der Waals surface area contributed by atoms with Gasteiger partial charge in [-0.15, -0.1) is 11.8 Å². The second-order valence-electron chi connectivity index (χ2n) is 8.68. The average molecular weight is 498 g/mol. The summed E-state index contributed by atoms with van der Waals surface area (Å²) in [7, 11) is -3.50. The van der Waals surface area contributed by atoms with Crippen molar-refractivity contribution < 1.29 is 17.7 Å². The van der Waals surface area contributed by atoms with Gasteiger partial charge in [-0.05, 0) is 62.1 Å². The lowest BCUT2D eigenvalue weighted by molar-refractivity contribution is 0.0986. The van der Waals surface area contributed by atoms with Crippen LogP contribution in [-0.4, -0.2) is 43.4 Å². The van der Waals surface area contributed by atoms with Crippen LogP contribution in [0, 0.1) is 6.92 Å². The highest BCUT2D eigenvalue weighted by Crippen LogP contribution is 2.35. The Morgan fingerprint density at radius 3 is 2.62 bits per heavy atom. The summed E-state index contributed by atoms with van der Waals surface area (Å²) >= 11 is 1.54. The van der Waals surface area contributed by atoms with Crippen LogP contribution in [0.5, 0.6) is 0 Å². The van der Waals surface area contributed by atoms with Crippen molar-refractivity contribution in [2.24, 2.45) is 0 Å². The number of carbonyl (C=O) groups is 1. The Balaban J connectivity index is 1.36. The van der Waals surface area contributed by atoms with Crippen LogP contribution < -0.4 is 4.90 Å². The molecule has 34 heavy (non-hydrogen) atoms. The summed E-state index contributed by atoms with van der Waals surface area (Å²) in [6, 6.07) is 14.6. The third-order valence-electron chi connectivity index (χ3n) is 6.31. The van der Waals surface area contributed by atoms with Gasteiger partial charge in [-0.2, -0.15) is 4.31 Å². The number of anilines is 1. The summed E-state index contributed by atoms with van der Waals surface area (Å²) in [5, 5.41) is 3.92. The monoisotopic (exact) mass is 497 g/mol. The summed E-state index contributed by atoms with van der Waals surface area (Å²) in [4.78, 5) is 16.5. The molecule has 1 amide bonds. The fourth-order valence-electron chi connectivity index (χ4n) is 4.55. The molecule has 0 saturated carbocycles. The molecule has 2 aromatic carbocycles. The minimum atomic E-state index is -3.50. The summed E-state index contributed by atoms with van der Waals surface area (Å²) < 4.78 is 33.1. The molecule has 2 aliphatic rings. The van der Waals surface area contributed by atoms with Gasteiger partial charge in [-0.3, -0.25) is 4.79 Å². The molecule has 2 aliphatic heterocycles. The number of carbonyl (C=O) groups excluding carboxylic acids is 1. The predicted molar refractivity (Wildman–Crippen MR) is 132 cm³/mol. The molecule has 178 valence electrons. The molecule has 1 aromatic heterocycles. The van der Waals surface area contributed by atoms with Crippen molar-refractivity contribution in [2.45, 2.75) is 48.2 Å². The van der Waals surface area contributed by atoms with Crippen LogP contribution in [0.3, 0.4) is 0 Å². The second kappa shape index (κ2) is 9.56. The van der Waals surface area contributed by atoms with Crippen LogP contribution in [0.2, 0.25) is 0 Å². The number of rotatable bonds is 6. The Labute approximate surface area is 204 Å². The van der Waals surface area contributed by atoms with Gasteiger partial charge in [-0.1, -0.05) is 23.7 Å². The van der Waals surface area contributed by atoms with E-state index in [-0.39, 0.29) is 5.91 Å². The standard InChI is InChI=1S/C25H27N3O4S2/c1-18-15-20(32-26-18)17-33-24-8-4-3-7-22(24)25(29)28-14-11-19-16-21(9-10-23(19)28)34(30,31)27-12-5-2-6-13-27/h3-4,7-10,15-16H,2,5-6,11-14,17H2,1H3. The molecular formula is C25H27N3O4S2.